The number of hydrogen-bond donors (Lipinski definition) is 1. The molecule has 1 aliphatic rings. The lowest BCUT2D eigenvalue weighted by Gasteiger charge is -2.22. The maximum Gasteiger partial charge on any atom is 0.224 e. The van der Waals surface area contributed by atoms with Gasteiger partial charge in [0.1, 0.15) is 0 Å². The Morgan fingerprint density at radius 1 is 1.38 bits per heavy atom. The molecule has 1 atom stereocenters. The van der Waals surface area contributed by atoms with Gasteiger partial charge in [0, 0.05) is 24.9 Å². The number of halogens is 1. The summed E-state index contributed by atoms with van der Waals surface area (Å²) in [5, 5.41) is 4.79. The van der Waals surface area contributed by atoms with Gasteiger partial charge in [0.05, 0.1) is 18.3 Å². The molecule has 6 nitrogen and oxygen atoms in total. The first-order chi connectivity index (χ1) is 11.0. The van der Waals surface area contributed by atoms with Gasteiger partial charge in [-0.1, -0.05) is 19.1 Å². The largest absolute Gasteiger partial charge is 0.342 e. The van der Waals surface area contributed by atoms with Gasteiger partial charge in [-0.05, 0) is 30.5 Å². The normalized spacial score (nSPS) is 20.2. The van der Waals surface area contributed by atoms with E-state index in [9.17, 15) is 9.59 Å². The highest BCUT2D eigenvalue weighted by Gasteiger charge is 2.34. The van der Waals surface area contributed by atoms with E-state index in [0.29, 0.717) is 24.9 Å². The lowest BCUT2D eigenvalue weighted by molar-refractivity contribution is -0.130. The molecule has 0 aliphatic carbocycles. The van der Waals surface area contributed by atoms with Crippen LogP contribution in [-0.2, 0) is 11.3 Å². The predicted molar refractivity (Wildman–Crippen MR) is 96.2 cm³/mol. The van der Waals surface area contributed by atoms with Crippen LogP contribution in [0.15, 0.2) is 35.3 Å². The number of nitrogens with zero attached hydrogens (tertiary/aromatic N) is 3. The van der Waals surface area contributed by atoms with Crippen LogP contribution in [0.3, 0.4) is 0 Å². The molecule has 2 N–H and O–H groups in total. The SMILES string of the molecule is CC1(CN)CCN(C(=O)CCn2ncc(=O)c3ccccc32)C1.Cl. The summed E-state index contributed by atoms with van der Waals surface area (Å²) in [4.78, 5) is 26.1. The molecule has 1 fully saturated rings. The molecular formula is C17H23ClN4O2. The Morgan fingerprint density at radius 2 is 2.12 bits per heavy atom. The molecule has 0 spiro atoms. The summed E-state index contributed by atoms with van der Waals surface area (Å²) in [5.74, 6) is 0.117. The second-order valence-electron chi connectivity index (χ2n) is 6.58. The quantitative estimate of drug-likeness (QED) is 0.903. The lowest BCUT2D eigenvalue weighted by Crippen LogP contribution is -2.35. The summed E-state index contributed by atoms with van der Waals surface area (Å²) in [6.07, 6.45) is 2.64. The summed E-state index contributed by atoms with van der Waals surface area (Å²) in [6, 6.07) is 7.34. The average molecular weight is 351 g/mol. The van der Waals surface area contributed by atoms with Crippen LogP contribution < -0.4 is 11.2 Å². The van der Waals surface area contributed by atoms with Gasteiger partial charge in [0.2, 0.25) is 11.3 Å². The number of carbonyl (C=O) groups excluding carboxylic acids is 1. The van der Waals surface area contributed by atoms with Gasteiger partial charge in [-0.2, -0.15) is 5.10 Å². The van der Waals surface area contributed by atoms with Crippen molar-refractivity contribution in [2.24, 2.45) is 11.1 Å². The maximum atomic E-state index is 12.4. The molecule has 1 aromatic carbocycles. The van der Waals surface area contributed by atoms with Crippen LogP contribution >= 0.6 is 12.4 Å². The number of likely N-dealkylation sites (tertiary alicyclic amines) is 1. The molecular weight excluding hydrogens is 328 g/mol. The summed E-state index contributed by atoms with van der Waals surface area (Å²) in [5.41, 5.74) is 6.50. The fraction of sp³-hybridized carbons (Fsp3) is 0.471. The summed E-state index contributed by atoms with van der Waals surface area (Å²) in [7, 11) is 0. The van der Waals surface area contributed by atoms with E-state index in [-0.39, 0.29) is 29.2 Å². The monoisotopic (exact) mass is 350 g/mol. The van der Waals surface area contributed by atoms with Crippen molar-refractivity contribution in [2.45, 2.75) is 26.3 Å². The molecule has 7 heteroatoms. The third kappa shape index (κ3) is 3.60. The van der Waals surface area contributed by atoms with E-state index in [0.717, 1.165) is 25.0 Å². The molecule has 2 heterocycles. The van der Waals surface area contributed by atoms with Gasteiger partial charge in [0.25, 0.3) is 0 Å². The van der Waals surface area contributed by atoms with Crippen LogP contribution in [0.1, 0.15) is 19.8 Å². The zero-order valence-corrected chi connectivity index (χ0v) is 14.6. The van der Waals surface area contributed by atoms with Gasteiger partial charge in [0.15, 0.2) is 0 Å². The van der Waals surface area contributed by atoms with E-state index in [1.54, 1.807) is 10.7 Å². The minimum Gasteiger partial charge on any atom is -0.342 e. The van der Waals surface area contributed by atoms with Crippen molar-refractivity contribution in [2.75, 3.05) is 19.6 Å². The fourth-order valence-corrected chi connectivity index (χ4v) is 3.10. The van der Waals surface area contributed by atoms with E-state index in [1.807, 2.05) is 23.1 Å². The van der Waals surface area contributed by atoms with Crippen molar-refractivity contribution in [1.29, 1.82) is 0 Å². The molecule has 0 radical (unpaired) electrons. The number of hydrogen-bond acceptors (Lipinski definition) is 4. The summed E-state index contributed by atoms with van der Waals surface area (Å²) in [6.45, 7) is 4.68. The van der Waals surface area contributed by atoms with Crippen LogP contribution in [0.25, 0.3) is 10.9 Å². The van der Waals surface area contributed by atoms with Crippen molar-refractivity contribution >= 4 is 29.2 Å². The standard InChI is InChI=1S/C17H22N4O2.ClH/c1-17(11-18)7-9-20(12-17)16(23)6-8-21-14-5-3-2-4-13(14)15(22)10-19-21;/h2-5,10H,6-9,11-12,18H2,1H3;1H. The van der Waals surface area contributed by atoms with E-state index in [4.69, 9.17) is 5.73 Å². The Kier molecular flexibility index (Phi) is 5.62. The number of rotatable bonds is 4. The number of amides is 1. The van der Waals surface area contributed by atoms with Crippen LogP contribution in [0.4, 0.5) is 0 Å². The molecule has 0 bridgehead atoms. The van der Waals surface area contributed by atoms with Crippen molar-refractivity contribution in [3.63, 3.8) is 0 Å². The number of nitrogens with two attached hydrogens (primary N) is 1. The van der Waals surface area contributed by atoms with Crippen molar-refractivity contribution < 1.29 is 4.79 Å². The lowest BCUT2D eigenvalue weighted by atomic mass is 9.90. The van der Waals surface area contributed by atoms with E-state index < -0.39 is 0 Å². The van der Waals surface area contributed by atoms with Crippen LogP contribution in [0, 0.1) is 5.41 Å². The highest BCUT2D eigenvalue weighted by Crippen LogP contribution is 2.28. The number of carbonyl (C=O) groups is 1. The minimum atomic E-state index is -0.0959. The Hall–Kier alpha value is -1.92. The predicted octanol–water partition coefficient (Wildman–Crippen LogP) is 1.41. The maximum absolute atomic E-state index is 12.4. The Labute approximate surface area is 147 Å². The molecule has 130 valence electrons. The first-order valence-corrected chi connectivity index (χ1v) is 7.95. The van der Waals surface area contributed by atoms with Gasteiger partial charge in [-0.25, -0.2) is 0 Å². The molecule has 2 aromatic rings. The number of fused-ring (bicyclic) bond motifs is 1. The highest BCUT2D eigenvalue weighted by atomic mass is 35.5. The third-order valence-electron chi connectivity index (χ3n) is 4.70. The topological polar surface area (TPSA) is 81.2 Å². The molecule has 0 saturated carbocycles. The van der Waals surface area contributed by atoms with Gasteiger partial charge in [-0.3, -0.25) is 14.3 Å². The van der Waals surface area contributed by atoms with Crippen LogP contribution in [0.5, 0.6) is 0 Å². The summed E-state index contributed by atoms with van der Waals surface area (Å²) < 4.78 is 1.73. The van der Waals surface area contributed by atoms with Gasteiger partial charge in [-0.15, -0.1) is 12.4 Å². The zero-order chi connectivity index (χ0) is 16.4. The second-order valence-corrected chi connectivity index (χ2v) is 6.58. The number of aromatic nitrogens is 2. The molecule has 1 amide bonds. The highest BCUT2D eigenvalue weighted by molar-refractivity contribution is 5.85. The first-order valence-electron chi connectivity index (χ1n) is 7.95. The number of benzene rings is 1. The molecule has 1 aliphatic heterocycles. The van der Waals surface area contributed by atoms with Crippen LogP contribution in [-0.4, -0.2) is 40.2 Å². The van der Waals surface area contributed by atoms with Crippen molar-refractivity contribution in [3.05, 3.63) is 40.7 Å². The minimum absolute atomic E-state index is 0. The van der Waals surface area contributed by atoms with Crippen molar-refractivity contribution in [3.8, 4) is 0 Å². The van der Waals surface area contributed by atoms with Gasteiger partial charge < -0.3 is 10.6 Å². The second kappa shape index (κ2) is 7.32. The Bertz CT molecular complexity index is 791. The number of aryl methyl sites for hydroxylation is 1. The molecule has 1 saturated heterocycles. The zero-order valence-electron chi connectivity index (χ0n) is 13.8. The van der Waals surface area contributed by atoms with Crippen LogP contribution in [0.2, 0.25) is 0 Å². The average Bonchev–Trinajstić information content (AvgIpc) is 2.97. The van der Waals surface area contributed by atoms with Crippen molar-refractivity contribution in [1.82, 2.24) is 14.7 Å². The van der Waals surface area contributed by atoms with E-state index >= 15 is 0 Å². The van der Waals surface area contributed by atoms with Gasteiger partial charge >= 0.3 is 0 Å². The molecule has 1 unspecified atom stereocenters. The summed E-state index contributed by atoms with van der Waals surface area (Å²) >= 11 is 0. The Morgan fingerprint density at radius 3 is 2.83 bits per heavy atom. The molecule has 24 heavy (non-hydrogen) atoms. The first kappa shape index (κ1) is 18.4. The fourth-order valence-electron chi connectivity index (χ4n) is 3.10. The Balaban J connectivity index is 0.00000208. The number of para-hydroxylation sites is 1. The molecule has 3 rings (SSSR count). The third-order valence-corrected chi connectivity index (χ3v) is 4.70. The van der Waals surface area contributed by atoms with E-state index in [1.165, 1.54) is 6.20 Å². The smallest absolute Gasteiger partial charge is 0.224 e. The van der Waals surface area contributed by atoms with E-state index in [2.05, 4.69) is 12.0 Å². The molecule has 1 aromatic heterocycles.